The van der Waals surface area contributed by atoms with E-state index in [1.807, 2.05) is 48.5 Å². The monoisotopic (exact) mass is 393 g/mol. The van der Waals surface area contributed by atoms with Gasteiger partial charge in [0.15, 0.2) is 5.65 Å². The van der Waals surface area contributed by atoms with E-state index in [-0.39, 0.29) is 11.7 Å². The lowest BCUT2D eigenvalue weighted by molar-refractivity contribution is -0.127. The van der Waals surface area contributed by atoms with Gasteiger partial charge in [0, 0.05) is 30.1 Å². The number of para-hydroxylation sites is 2. The number of methoxy groups -OCH3 is 1. The predicted molar refractivity (Wildman–Crippen MR) is 109 cm³/mol. The smallest absolute Gasteiger partial charge is 0.233 e. The molecule has 2 aromatic carbocycles. The second kappa shape index (κ2) is 7.85. The van der Waals surface area contributed by atoms with E-state index in [1.165, 1.54) is 11.8 Å². The van der Waals surface area contributed by atoms with Crippen LogP contribution in [0.1, 0.15) is 5.56 Å². The molecule has 0 fully saturated rings. The number of nitrogens with one attached hydrogen (secondary N) is 1. The average Bonchev–Trinajstić information content (AvgIpc) is 3.10. The Bertz CT molecular complexity index is 1140. The van der Waals surface area contributed by atoms with E-state index in [0.717, 1.165) is 27.7 Å². The lowest BCUT2D eigenvalue weighted by Gasteiger charge is -2.18. The number of hydrogen-bond acceptors (Lipinski definition) is 6. The summed E-state index contributed by atoms with van der Waals surface area (Å²) in [5.41, 5.74) is 3.34. The van der Waals surface area contributed by atoms with Crippen LogP contribution >= 0.6 is 11.8 Å². The standard InChI is InChI=1S/C20H19N5O2S/c1-25(11-13-7-3-6-10-16(13)27-2)17(26)12-28-20-22-19-18(23-24-20)14-8-4-5-9-15(14)21-19/h3-10H,11-12H2,1-2H3,(H,21,22,24). The fraction of sp³-hybridized carbons (Fsp3) is 0.200. The minimum atomic E-state index is -0.0174. The third-order valence-electron chi connectivity index (χ3n) is 4.45. The first-order valence-corrected chi connectivity index (χ1v) is 9.74. The Balaban J connectivity index is 1.43. The van der Waals surface area contributed by atoms with Gasteiger partial charge in [0.2, 0.25) is 11.1 Å². The molecule has 7 nitrogen and oxygen atoms in total. The topological polar surface area (TPSA) is 84.0 Å². The van der Waals surface area contributed by atoms with E-state index in [2.05, 4.69) is 20.2 Å². The molecule has 0 radical (unpaired) electrons. The number of benzene rings is 2. The van der Waals surface area contributed by atoms with Gasteiger partial charge in [-0.25, -0.2) is 4.98 Å². The predicted octanol–water partition coefficient (Wildman–Crippen LogP) is 3.27. The van der Waals surface area contributed by atoms with Gasteiger partial charge < -0.3 is 14.6 Å². The van der Waals surface area contributed by atoms with Crippen molar-refractivity contribution < 1.29 is 9.53 Å². The summed E-state index contributed by atoms with van der Waals surface area (Å²) in [4.78, 5) is 21.9. The molecule has 4 rings (SSSR count). The lowest BCUT2D eigenvalue weighted by Crippen LogP contribution is -2.28. The Hall–Kier alpha value is -3.13. The number of H-pyrrole nitrogens is 1. The molecule has 2 aromatic heterocycles. The maximum Gasteiger partial charge on any atom is 0.233 e. The van der Waals surface area contributed by atoms with E-state index >= 15 is 0 Å². The van der Waals surface area contributed by atoms with Crippen LogP contribution in [0.4, 0.5) is 0 Å². The zero-order valence-corrected chi connectivity index (χ0v) is 16.4. The number of aromatic nitrogens is 4. The summed E-state index contributed by atoms with van der Waals surface area (Å²) in [7, 11) is 3.40. The molecule has 0 saturated heterocycles. The number of aromatic amines is 1. The molecule has 2 heterocycles. The van der Waals surface area contributed by atoms with Crippen molar-refractivity contribution in [2.75, 3.05) is 19.9 Å². The highest BCUT2D eigenvalue weighted by molar-refractivity contribution is 7.99. The number of thioether (sulfide) groups is 1. The highest BCUT2D eigenvalue weighted by Gasteiger charge is 2.14. The molecule has 1 N–H and O–H groups in total. The minimum absolute atomic E-state index is 0.0174. The maximum absolute atomic E-state index is 12.5. The molecule has 0 unspecified atom stereocenters. The molecule has 142 valence electrons. The summed E-state index contributed by atoms with van der Waals surface area (Å²) in [6, 6.07) is 15.5. The van der Waals surface area contributed by atoms with Gasteiger partial charge in [0.05, 0.1) is 12.9 Å². The molecule has 1 amide bonds. The molecule has 0 saturated carbocycles. The maximum atomic E-state index is 12.5. The number of nitrogens with zero attached hydrogens (tertiary/aromatic N) is 4. The number of amides is 1. The van der Waals surface area contributed by atoms with Crippen molar-refractivity contribution in [3.05, 3.63) is 54.1 Å². The highest BCUT2D eigenvalue weighted by atomic mass is 32.2. The van der Waals surface area contributed by atoms with Gasteiger partial charge in [-0.15, -0.1) is 10.2 Å². The van der Waals surface area contributed by atoms with Crippen LogP contribution in [0, 0.1) is 0 Å². The van der Waals surface area contributed by atoms with Gasteiger partial charge in [0.25, 0.3) is 0 Å². The van der Waals surface area contributed by atoms with Gasteiger partial charge in [-0.05, 0) is 12.1 Å². The quantitative estimate of drug-likeness (QED) is 0.506. The first-order valence-electron chi connectivity index (χ1n) is 8.75. The summed E-state index contributed by atoms with van der Waals surface area (Å²) in [6.45, 7) is 0.476. The average molecular weight is 393 g/mol. The van der Waals surface area contributed by atoms with Crippen molar-refractivity contribution in [2.24, 2.45) is 0 Å². The van der Waals surface area contributed by atoms with Gasteiger partial charge >= 0.3 is 0 Å². The van der Waals surface area contributed by atoms with Crippen molar-refractivity contribution in [1.82, 2.24) is 25.1 Å². The van der Waals surface area contributed by atoms with E-state index < -0.39 is 0 Å². The molecular formula is C20H19N5O2S. The van der Waals surface area contributed by atoms with Crippen molar-refractivity contribution in [3.63, 3.8) is 0 Å². The molecule has 0 atom stereocenters. The van der Waals surface area contributed by atoms with E-state index in [1.54, 1.807) is 19.1 Å². The third-order valence-corrected chi connectivity index (χ3v) is 5.28. The van der Waals surface area contributed by atoms with Crippen LogP contribution in [0.2, 0.25) is 0 Å². The number of carbonyl (C=O) groups excluding carboxylic acids is 1. The highest BCUT2D eigenvalue weighted by Crippen LogP contribution is 2.24. The fourth-order valence-corrected chi connectivity index (χ4v) is 3.71. The number of rotatable bonds is 6. The van der Waals surface area contributed by atoms with Crippen LogP contribution < -0.4 is 4.74 Å². The van der Waals surface area contributed by atoms with Crippen LogP contribution in [-0.4, -0.2) is 50.9 Å². The van der Waals surface area contributed by atoms with E-state index in [0.29, 0.717) is 17.3 Å². The van der Waals surface area contributed by atoms with Crippen LogP contribution in [0.25, 0.3) is 22.1 Å². The molecule has 0 aliphatic heterocycles. The van der Waals surface area contributed by atoms with Crippen molar-refractivity contribution in [3.8, 4) is 5.75 Å². The number of fused-ring (bicyclic) bond motifs is 3. The summed E-state index contributed by atoms with van der Waals surface area (Å²) >= 11 is 1.27. The Morgan fingerprint density at radius 1 is 1.14 bits per heavy atom. The molecule has 0 aliphatic rings. The van der Waals surface area contributed by atoms with Crippen LogP contribution in [0.3, 0.4) is 0 Å². The second-order valence-corrected chi connectivity index (χ2v) is 7.25. The Morgan fingerprint density at radius 3 is 2.79 bits per heavy atom. The normalized spacial score (nSPS) is 11.1. The molecule has 28 heavy (non-hydrogen) atoms. The number of ether oxygens (including phenoxy) is 1. The Morgan fingerprint density at radius 2 is 1.93 bits per heavy atom. The summed E-state index contributed by atoms with van der Waals surface area (Å²) in [6.07, 6.45) is 0. The second-order valence-electron chi connectivity index (χ2n) is 6.31. The van der Waals surface area contributed by atoms with Gasteiger partial charge in [-0.1, -0.05) is 48.2 Å². The van der Waals surface area contributed by atoms with Gasteiger partial charge in [-0.3, -0.25) is 4.79 Å². The molecule has 0 spiro atoms. The molecule has 0 bridgehead atoms. The van der Waals surface area contributed by atoms with E-state index in [9.17, 15) is 4.79 Å². The Labute approximate surface area is 166 Å². The summed E-state index contributed by atoms with van der Waals surface area (Å²) in [5.74, 6) is 0.988. The van der Waals surface area contributed by atoms with Crippen LogP contribution in [0.15, 0.2) is 53.7 Å². The largest absolute Gasteiger partial charge is 0.496 e. The van der Waals surface area contributed by atoms with Crippen molar-refractivity contribution in [1.29, 1.82) is 0 Å². The first kappa shape index (κ1) is 18.2. The molecule has 0 aliphatic carbocycles. The molecule has 8 heteroatoms. The van der Waals surface area contributed by atoms with Crippen molar-refractivity contribution in [2.45, 2.75) is 11.7 Å². The summed E-state index contributed by atoms with van der Waals surface area (Å²) < 4.78 is 5.35. The number of carbonyl (C=O) groups is 1. The van der Waals surface area contributed by atoms with Gasteiger partial charge in [0.1, 0.15) is 11.3 Å². The van der Waals surface area contributed by atoms with Crippen molar-refractivity contribution >= 4 is 39.7 Å². The SMILES string of the molecule is COc1ccccc1CN(C)C(=O)CSc1nnc2c(n1)[nH]c1ccccc12. The van der Waals surface area contributed by atoms with Gasteiger partial charge in [-0.2, -0.15) is 0 Å². The third kappa shape index (κ3) is 3.63. The Kier molecular flexibility index (Phi) is 5.12. The van der Waals surface area contributed by atoms with Crippen LogP contribution in [0.5, 0.6) is 5.75 Å². The molecule has 4 aromatic rings. The lowest BCUT2D eigenvalue weighted by atomic mass is 10.2. The first-order chi connectivity index (χ1) is 13.7. The fourth-order valence-electron chi connectivity index (χ4n) is 2.98. The minimum Gasteiger partial charge on any atom is -0.496 e. The zero-order valence-electron chi connectivity index (χ0n) is 15.5. The zero-order chi connectivity index (χ0) is 19.5. The van der Waals surface area contributed by atoms with E-state index in [4.69, 9.17) is 4.74 Å². The molecular weight excluding hydrogens is 374 g/mol. The summed E-state index contributed by atoms with van der Waals surface area (Å²) in [5, 5.41) is 9.90. The number of hydrogen-bond donors (Lipinski definition) is 1. The van der Waals surface area contributed by atoms with Crippen LogP contribution in [-0.2, 0) is 11.3 Å².